The van der Waals surface area contributed by atoms with Gasteiger partial charge in [-0.3, -0.25) is 4.55 Å². The van der Waals surface area contributed by atoms with Crippen LogP contribution in [0.1, 0.15) is 10.4 Å². The summed E-state index contributed by atoms with van der Waals surface area (Å²) in [4.78, 5) is 9.22. The molecule has 0 amide bonds. The van der Waals surface area contributed by atoms with Crippen LogP contribution in [0.25, 0.3) is 0 Å². The van der Waals surface area contributed by atoms with Crippen LogP contribution >= 0.6 is 0 Å². The summed E-state index contributed by atoms with van der Waals surface area (Å²) in [6, 6.07) is 7.98. The zero-order valence-electron chi connectivity index (χ0n) is 12.3. The number of anilines is 1. The molecule has 134 valence electrons. The third-order valence-electron chi connectivity index (χ3n) is 2.99. The van der Waals surface area contributed by atoms with Gasteiger partial charge >= 0.3 is 5.97 Å². The fraction of sp³-hybridized carbons (Fsp3) is 0. The number of ether oxygens (including phenoxy) is 1. The van der Waals surface area contributed by atoms with Crippen LogP contribution in [0, 0.1) is 0 Å². The van der Waals surface area contributed by atoms with E-state index in [-0.39, 0.29) is 5.75 Å². The van der Waals surface area contributed by atoms with Crippen LogP contribution in [0.5, 0.6) is 11.5 Å². The summed E-state index contributed by atoms with van der Waals surface area (Å²) in [5.74, 6) is -2.48. The summed E-state index contributed by atoms with van der Waals surface area (Å²) in [6.07, 6.45) is 0. The lowest BCUT2D eigenvalue weighted by Crippen LogP contribution is -2.19. The second-order valence-corrected chi connectivity index (χ2v) is 7.62. The van der Waals surface area contributed by atoms with Crippen molar-refractivity contribution in [2.45, 2.75) is 9.79 Å². The summed E-state index contributed by atoms with van der Waals surface area (Å²) in [5.41, 5.74) is 3.63. The molecule has 0 radical (unpaired) electrons. The molecule has 0 aromatic heterocycles. The van der Waals surface area contributed by atoms with Gasteiger partial charge in [0.2, 0.25) is 10.0 Å². The van der Waals surface area contributed by atoms with Crippen LogP contribution in [-0.4, -0.2) is 32.5 Å². The molecule has 0 unspecified atom stereocenters. The first-order chi connectivity index (χ1) is 11.4. The Morgan fingerprint density at radius 1 is 1.08 bits per heavy atom. The van der Waals surface area contributed by atoms with Gasteiger partial charge in [0, 0.05) is 0 Å². The molecule has 0 saturated heterocycles. The quantitative estimate of drug-likeness (QED) is 0.421. The Morgan fingerprint density at radius 3 is 2.08 bits per heavy atom. The molecule has 0 atom stereocenters. The Labute approximate surface area is 142 Å². The summed E-state index contributed by atoms with van der Waals surface area (Å²) in [5, 5.41) is 14.2. The third kappa shape index (κ3) is 3.88. The van der Waals surface area contributed by atoms with E-state index in [2.05, 4.69) is 0 Å². The fourth-order valence-electron chi connectivity index (χ4n) is 2.00. The number of carboxylic acid groups (broad SMARTS) is 1. The Bertz CT molecular complexity index is 1050. The van der Waals surface area contributed by atoms with E-state index in [0.29, 0.717) is 6.07 Å². The lowest BCUT2D eigenvalue weighted by atomic mass is 10.2. The van der Waals surface area contributed by atoms with Crippen LogP contribution in [0.15, 0.2) is 46.2 Å². The maximum atomic E-state index is 11.8. The van der Waals surface area contributed by atoms with E-state index in [1.807, 2.05) is 0 Å². The summed E-state index contributed by atoms with van der Waals surface area (Å²) < 4.78 is 61.1. The molecule has 6 N–H and O–H groups in total. The van der Waals surface area contributed by atoms with Crippen molar-refractivity contribution in [2.75, 3.05) is 5.73 Å². The second-order valence-electron chi connectivity index (χ2n) is 4.73. The normalized spacial score (nSPS) is 11.9. The molecule has 0 saturated carbocycles. The molecule has 0 aliphatic heterocycles. The van der Waals surface area contributed by atoms with Crippen molar-refractivity contribution >= 4 is 31.8 Å². The van der Waals surface area contributed by atoms with Crippen LogP contribution in [0.3, 0.4) is 0 Å². The van der Waals surface area contributed by atoms with Crippen molar-refractivity contribution < 1.29 is 36.0 Å². The molecule has 0 aliphatic rings. The van der Waals surface area contributed by atoms with E-state index in [9.17, 15) is 26.2 Å². The number of primary sulfonamides is 1. The van der Waals surface area contributed by atoms with E-state index >= 15 is 0 Å². The number of hydrogen-bond donors (Lipinski definition) is 4. The number of nitrogens with two attached hydrogens (primary N) is 2. The van der Waals surface area contributed by atoms with Gasteiger partial charge in [0.25, 0.3) is 10.1 Å². The lowest BCUT2D eigenvalue weighted by Gasteiger charge is -2.16. The second kappa shape index (κ2) is 6.33. The summed E-state index contributed by atoms with van der Waals surface area (Å²) >= 11 is 0. The third-order valence-corrected chi connectivity index (χ3v) is 4.86. The Morgan fingerprint density at radius 2 is 1.64 bits per heavy atom. The molecule has 0 aliphatic carbocycles. The van der Waals surface area contributed by atoms with Gasteiger partial charge < -0.3 is 15.6 Å². The molecular weight excluding hydrogens is 376 g/mol. The molecule has 2 rings (SSSR count). The molecule has 0 bridgehead atoms. The largest absolute Gasteiger partial charge is 0.478 e. The van der Waals surface area contributed by atoms with Gasteiger partial charge in [0.1, 0.15) is 15.5 Å². The van der Waals surface area contributed by atoms with Gasteiger partial charge in [-0.15, -0.1) is 0 Å². The van der Waals surface area contributed by atoms with E-state index < -0.39 is 52.9 Å². The Kier molecular flexibility index (Phi) is 4.72. The fourth-order valence-corrected chi connectivity index (χ4v) is 3.49. The molecule has 25 heavy (non-hydrogen) atoms. The number of nitrogen functional groups attached to an aromatic ring is 1. The van der Waals surface area contributed by atoms with Gasteiger partial charge in [0.05, 0.1) is 11.3 Å². The number of benzene rings is 2. The number of carbonyl (C=O) groups is 1. The van der Waals surface area contributed by atoms with Gasteiger partial charge in [-0.05, 0) is 18.2 Å². The summed E-state index contributed by atoms with van der Waals surface area (Å²) in [7, 11) is -9.65. The maximum absolute atomic E-state index is 11.8. The van der Waals surface area contributed by atoms with Crippen LogP contribution in [0.2, 0.25) is 0 Å². The highest BCUT2D eigenvalue weighted by atomic mass is 32.2. The molecule has 0 spiro atoms. The van der Waals surface area contributed by atoms with E-state index in [1.54, 1.807) is 6.07 Å². The molecule has 10 nitrogen and oxygen atoms in total. The van der Waals surface area contributed by atoms with Crippen molar-refractivity contribution in [1.29, 1.82) is 0 Å². The minimum atomic E-state index is -5.11. The Balaban J connectivity index is 2.91. The Hall–Kier alpha value is -2.67. The van der Waals surface area contributed by atoms with Gasteiger partial charge in [-0.25, -0.2) is 18.4 Å². The van der Waals surface area contributed by atoms with E-state index in [4.69, 9.17) is 20.7 Å². The number of aromatic carboxylic acids is 1. The van der Waals surface area contributed by atoms with E-state index in [0.717, 1.165) is 0 Å². The first kappa shape index (κ1) is 18.7. The highest BCUT2D eigenvalue weighted by Gasteiger charge is 2.32. The standard InChI is InChI=1S/C13H12N2O8S2/c14-10-11(23-7-4-2-1-3-5-7)9(24(15,18)19)6-8(13(16)17)12(10)25(20,21)22/h1-6H,14H2,(H,16,17)(H2,15,18,19)(H,20,21,22). The van der Waals surface area contributed by atoms with Crippen molar-refractivity contribution in [2.24, 2.45) is 5.14 Å². The minimum Gasteiger partial charge on any atom is -0.478 e. The number of para-hydroxylation sites is 1. The highest BCUT2D eigenvalue weighted by molar-refractivity contribution is 7.89. The van der Waals surface area contributed by atoms with Crippen LogP contribution in [-0.2, 0) is 20.1 Å². The zero-order valence-corrected chi connectivity index (χ0v) is 13.9. The van der Waals surface area contributed by atoms with Crippen molar-refractivity contribution in [3.63, 3.8) is 0 Å². The topological polar surface area (TPSA) is 187 Å². The lowest BCUT2D eigenvalue weighted by molar-refractivity contribution is 0.0692. The summed E-state index contributed by atoms with van der Waals surface area (Å²) in [6.45, 7) is 0. The van der Waals surface area contributed by atoms with Gasteiger partial charge in [-0.1, -0.05) is 18.2 Å². The SMILES string of the molecule is Nc1c(Oc2ccccc2)c(S(N)(=O)=O)cc(C(=O)O)c1S(=O)(=O)O. The minimum absolute atomic E-state index is 0.0727. The van der Waals surface area contributed by atoms with E-state index in [1.165, 1.54) is 24.3 Å². The van der Waals surface area contributed by atoms with Gasteiger partial charge in [-0.2, -0.15) is 8.42 Å². The van der Waals surface area contributed by atoms with Crippen molar-refractivity contribution in [3.8, 4) is 11.5 Å². The average Bonchev–Trinajstić information content (AvgIpc) is 2.47. The predicted molar refractivity (Wildman–Crippen MR) is 85.5 cm³/mol. The number of hydrogen-bond acceptors (Lipinski definition) is 7. The predicted octanol–water partition coefficient (Wildman–Crippen LogP) is 0.653. The van der Waals surface area contributed by atoms with Gasteiger partial charge in [0.15, 0.2) is 5.75 Å². The molecule has 2 aromatic carbocycles. The molecule has 0 heterocycles. The zero-order chi connectivity index (χ0) is 19.0. The molecule has 2 aromatic rings. The monoisotopic (exact) mass is 388 g/mol. The number of sulfonamides is 1. The maximum Gasteiger partial charge on any atom is 0.337 e. The highest BCUT2D eigenvalue weighted by Crippen LogP contribution is 2.40. The van der Waals surface area contributed by atoms with Crippen molar-refractivity contribution in [1.82, 2.24) is 0 Å². The number of rotatable bonds is 5. The smallest absolute Gasteiger partial charge is 0.337 e. The van der Waals surface area contributed by atoms with Crippen molar-refractivity contribution in [3.05, 3.63) is 42.0 Å². The molecule has 12 heteroatoms. The first-order valence-electron chi connectivity index (χ1n) is 6.36. The molecular formula is C13H12N2O8S2. The van der Waals surface area contributed by atoms with Crippen LogP contribution in [0.4, 0.5) is 5.69 Å². The van der Waals surface area contributed by atoms with Crippen LogP contribution < -0.4 is 15.6 Å². The molecule has 0 fully saturated rings. The average molecular weight is 388 g/mol. The first-order valence-corrected chi connectivity index (χ1v) is 9.34. The number of carboxylic acids is 1.